The number of aromatic nitrogens is 2. The summed E-state index contributed by atoms with van der Waals surface area (Å²) in [5.41, 5.74) is 2.65. The Morgan fingerprint density at radius 1 is 1.11 bits per heavy atom. The van der Waals surface area contributed by atoms with Crippen molar-refractivity contribution in [3.63, 3.8) is 0 Å². The Labute approximate surface area is 160 Å². The van der Waals surface area contributed by atoms with Crippen molar-refractivity contribution in [2.45, 2.75) is 19.3 Å². The lowest BCUT2D eigenvalue weighted by Crippen LogP contribution is -2.13. The molecule has 0 atom stereocenters. The first-order chi connectivity index (χ1) is 13.2. The van der Waals surface area contributed by atoms with Crippen LogP contribution in [0.2, 0.25) is 0 Å². The normalized spacial score (nSPS) is 11.0. The number of anilines is 1. The van der Waals surface area contributed by atoms with E-state index in [1.165, 1.54) is 29.0 Å². The van der Waals surface area contributed by atoms with Gasteiger partial charge in [-0.25, -0.2) is 9.37 Å². The van der Waals surface area contributed by atoms with E-state index in [1.807, 2.05) is 34.2 Å². The van der Waals surface area contributed by atoms with Crippen molar-refractivity contribution in [1.82, 2.24) is 9.38 Å². The summed E-state index contributed by atoms with van der Waals surface area (Å²) in [4.78, 5) is 17.9. The van der Waals surface area contributed by atoms with Crippen LogP contribution in [0, 0.1) is 5.82 Å². The second kappa shape index (κ2) is 7.72. The van der Waals surface area contributed by atoms with Crippen molar-refractivity contribution in [3.8, 4) is 11.3 Å². The zero-order valence-corrected chi connectivity index (χ0v) is 15.4. The SMILES string of the molecule is O=C(CCCc1ccccc1)Nc1c(-c2ccc(F)cc2)nc2sccn12. The quantitative estimate of drug-likeness (QED) is 0.503. The second-order valence-electron chi connectivity index (χ2n) is 6.26. The van der Waals surface area contributed by atoms with Crippen LogP contribution in [0.1, 0.15) is 18.4 Å². The minimum Gasteiger partial charge on any atom is -0.310 e. The third-order valence-electron chi connectivity index (χ3n) is 4.35. The van der Waals surface area contributed by atoms with Gasteiger partial charge in [0.1, 0.15) is 17.3 Å². The summed E-state index contributed by atoms with van der Waals surface area (Å²) in [6.45, 7) is 0. The van der Waals surface area contributed by atoms with Crippen molar-refractivity contribution in [3.05, 3.63) is 77.6 Å². The molecule has 4 nitrogen and oxygen atoms in total. The summed E-state index contributed by atoms with van der Waals surface area (Å²) in [6.07, 6.45) is 3.93. The number of benzene rings is 2. The van der Waals surface area contributed by atoms with Gasteiger partial charge in [0.05, 0.1) is 0 Å². The predicted molar refractivity (Wildman–Crippen MR) is 106 cm³/mol. The molecule has 0 saturated carbocycles. The van der Waals surface area contributed by atoms with Gasteiger partial charge in [-0.3, -0.25) is 9.20 Å². The average molecular weight is 379 g/mol. The molecule has 0 aliphatic carbocycles. The number of halogens is 1. The molecule has 0 unspecified atom stereocenters. The Morgan fingerprint density at radius 2 is 1.89 bits per heavy atom. The predicted octanol–water partition coefficient (Wildman–Crippen LogP) is 5.16. The van der Waals surface area contributed by atoms with Gasteiger partial charge >= 0.3 is 0 Å². The van der Waals surface area contributed by atoms with Crippen molar-refractivity contribution < 1.29 is 9.18 Å². The number of nitrogens with zero attached hydrogens (tertiary/aromatic N) is 2. The largest absolute Gasteiger partial charge is 0.310 e. The first-order valence-electron chi connectivity index (χ1n) is 8.76. The average Bonchev–Trinajstić information content (AvgIpc) is 3.26. The molecule has 0 aliphatic heterocycles. The van der Waals surface area contributed by atoms with E-state index in [1.54, 1.807) is 12.1 Å². The minimum absolute atomic E-state index is 0.0534. The van der Waals surface area contributed by atoms with Gasteiger partial charge in [-0.05, 0) is 42.7 Å². The minimum atomic E-state index is -0.300. The smallest absolute Gasteiger partial charge is 0.225 e. The molecule has 2 aromatic carbocycles. The highest BCUT2D eigenvalue weighted by Crippen LogP contribution is 2.31. The third-order valence-corrected chi connectivity index (χ3v) is 5.11. The molecule has 0 spiro atoms. The van der Waals surface area contributed by atoms with Gasteiger partial charge in [-0.15, -0.1) is 11.3 Å². The fourth-order valence-electron chi connectivity index (χ4n) is 3.01. The number of carbonyl (C=O) groups excluding carboxylic acids is 1. The molecule has 6 heteroatoms. The molecule has 2 aromatic heterocycles. The molecular weight excluding hydrogens is 361 g/mol. The fourth-order valence-corrected chi connectivity index (χ4v) is 3.72. The zero-order valence-electron chi connectivity index (χ0n) is 14.6. The highest BCUT2D eigenvalue weighted by atomic mass is 32.1. The van der Waals surface area contributed by atoms with E-state index >= 15 is 0 Å². The van der Waals surface area contributed by atoms with Crippen LogP contribution in [0.15, 0.2) is 66.2 Å². The lowest BCUT2D eigenvalue weighted by Gasteiger charge is -2.07. The molecule has 0 radical (unpaired) electrons. The molecule has 4 aromatic rings. The first kappa shape index (κ1) is 17.4. The number of amides is 1. The summed E-state index contributed by atoms with van der Waals surface area (Å²) >= 11 is 1.49. The van der Waals surface area contributed by atoms with Gasteiger partial charge in [0, 0.05) is 23.6 Å². The number of fused-ring (bicyclic) bond motifs is 1. The van der Waals surface area contributed by atoms with Crippen molar-refractivity contribution in [2.24, 2.45) is 0 Å². The highest BCUT2D eigenvalue weighted by molar-refractivity contribution is 7.15. The lowest BCUT2D eigenvalue weighted by atomic mass is 10.1. The number of nitrogens with one attached hydrogen (secondary N) is 1. The molecule has 0 aliphatic rings. The van der Waals surface area contributed by atoms with Crippen molar-refractivity contribution in [1.29, 1.82) is 0 Å². The van der Waals surface area contributed by atoms with E-state index < -0.39 is 0 Å². The summed E-state index contributed by atoms with van der Waals surface area (Å²) < 4.78 is 15.1. The molecule has 2 heterocycles. The zero-order chi connectivity index (χ0) is 18.6. The van der Waals surface area contributed by atoms with Gasteiger partial charge in [-0.2, -0.15) is 0 Å². The molecule has 0 saturated heterocycles. The molecule has 0 fully saturated rings. The molecule has 4 rings (SSSR count). The number of hydrogen-bond acceptors (Lipinski definition) is 3. The number of hydrogen-bond donors (Lipinski definition) is 1. The van der Waals surface area contributed by atoms with E-state index in [-0.39, 0.29) is 11.7 Å². The van der Waals surface area contributed by atoms with Crippen molar-refractivity contribution in [2.75, 3.05) is 5.32 Å². The first-order valence-corrected chi connectivity index (χ1v) is 9.64. The molecule has 27 heavy (non-hydrogen) atoms. The summed E-state index contributed by atoms with van der Waals surface area (Å²) in [6, 6.07) is 16.3. The number of thiazole rings is 1. The van der Waals surface area contributed by atoms with Crippen LogP contribution in [0.5, 0.6) is 0 Å². The van der Waals surface area contributed by atoms with Crippen LogP contribution < -0.4 is 5.32 Å². The Morgan fingerprint density at radius 3 is 2.67 bits per heavy atom. The molecule has 1 N–H and O–H groups in total. The second-order valence-corrected chi connectivity index (χ2v) is 7.13. The molecular formula is C21H18FN3OS. The lowest BCUT2D eigenvalue weighted by molar-refractivity contribution is -0.116. The van der Waals surface area contributed by atoms with Crippen LogP contribution in [-0.2, 0) is 11.2 Å². The number of imidazole rings is 1. The van der Waals surface area contributed by atoms with E-state index in [0.717, 1.165) is 23.4 Å². The van der Waals surface area contributed by atoms with Crippen LogP contribution in [0.4, 0.5) is 10.2 Å². The third kappa shape index (κ3) is 3.90. The Balaban J connectivity index is 1.50. The number of aryl methyl sites for hydroxylation is 1. The number of rotatable bonds is 6. The van der Waals surface area contributed by atoms with E-state index in [0.29, 0.717) is 17.9 Å². The van der Waals surface area contributed by atoms with Crippen molar-refractivity contribution >= 4 is 28.0 Å². The number of carbonyl (C=O) groups is 1. The maximum atomic E-state index is 13.2. The standard InChI is InChI=1S/C21H18FN3OS/c22-17-11-9-16(10-12-17)19-20(25-13-14-27-21(25)24-19)23-18(26)8-4-7-15-5-2-1-3-6-15/h1-3,5-6,9-14H,4,7-8H2,(H,23,26). The van der Waals surface area contributed by atoms with Gasteiger partial charge < -0.3 is 5.32 Å². The molecule has 1 amide bonds. The summed E-state index contributed by atoms with van der Waals surface area (Å²) in [5.74, 6) is 0.274. The Kier molecular flexibility index (Phi) is 4.98. The van der Waals surface area contributed by atoms with Crippen LogP contribution in [0.3, 0.4) is 0 Å². The van der Waals surface area contributed by atoms with Gasteiger partial charge in [0.2, 0.25) is 5.91 Å². The Hall–Kier alpha value is -2.99. The van der Waals surface area contributed by atoms with E-state index in [2.05, 4.69) is 22.4 Å². The van der Waals surface area contributed by atoms with Crippen LogP contribution in [-0.4, -0.2) is 15.3 Å². The summed E-state index contributed by atoms with van der Waals surface area (Å²) in [7, 11) is 0. The molecule has 0 bridgehead atoms. The van der Waals surface area contributed by atoms with E-state index in [4.69, 9.17) is 0 Å². The Bertz CT molecular complexity index is 1050. The van der Waals surface area contributed by atoms with Crippen LogP contribution >= 0.6 is 11.3 Å². The maximum absolute atomic E-state index is 13.2. The van der Waals surface area contributed by atoms with E-state index in [9.17, 15) is 9.18 Å². The summed E-state index contributed by atoms with van der Waals surface area (Å²) in [5, 5.41) is 4.91. The monoisotopic (exact) mass is 379 g/mol. The van der Waals surface area contributed by atoms with Gasteiger partial charge in [0.25, 0.3) is 0 Å². The van der Waals surface area contributed by atoms with Crippen LogP contribution in [0.25, 0.3) is 16.2 Å². The fraction of sp³-hybridized carbons (Fsp3) is 0.143. The van der Waals surface area contributed by atoms with Gasteiger partial charge in [-0.1, -0.05) is 30.3 Å². The highest BCUT2D eigenvalue weighted by Gasteiger charge is 2.17. The topological polar surface area (TPSA) is 46.4 Å². The van der Waals surface area contributed by atoms with Gasteiger partial charge in [0.15, 0.2) is 4.96 Å². The maximum Gasteiger partial charge on any atom is 0.225 e. The molecule has 136 valence electrons.